The average molecular weight is 487 g/mol. The van der Waals surface area contributed by atoms with Crippen molar-refractivity contribution in [2.45, 2.75) is 44.1 Å². The summed E-state index contributed by atoms with van der Waals surface area (Å²) in [5.74, 6) is -8.11. The second-order valence-electron chi connectivity index (χ2n) is 9.37. The summed E-state index contributed by atoms with van der Waals surface area (Å²) in [6.45, 7) is 1.66. The zero-order valence-electron chi connectivity index (χ0n) is 19.6. The Labute approximate surface area is 202 Å². The van der Waals surface area contributed by atoms with Gasteiger partial charge >= 0.3 is 12.1 Å². The molecule has 7 nitrogen and oxygen atoms in total. The largest absolute Gasteiger partial charge is 0.481 e. The van der Waals surface area contributed by atoms with Crippen LogP contribution in [-0.4, -0.2) is 59.1 Å². The van der Waals surface area contributed by atoms with Gasteiger partial charge in [-0.2, -0.15) is 0 Å². The van der Waals surface area contributed by atoms with Crippen molar-refractivity contribution in [3.8, 4) is 11.1 Å². The van der Waals surface area contributed by atoms with E-state index < -0.39 is 48.4 Å². The third-order valence-corrected chi connectivity index (χ3v) is 6.84. The van der Waals surface area contributed by atoms with E-state index in [9.17, 15) is 23.2 Å². The SMILES string of the molecule is CCCC(C)(NC(=O)OCC1c2ccccc2-c2ccccc21)C(=O)N1CC(C(=O)O)C(F)(F)C1. The molecular weight excluding hydrogens is 458 g/mol. The fourth-order valence-corrected chi connectivity index (χ4v) is 5.13. The van der Waals surface area contributed by atoms with Crippen LogP contribution < -0.4 is 5.32 Å². The molecular formula is C26H28F2N2O5. The van der Waals surface area contributed by atoms with Gasteiger partial charge in [0, 0.05) is 12.5 Å². The summed E-state index contributed by atoms with van der Waals surface area (Å²) in [6, 6.07) is 15.7. The van der Waals surface area contributed by atoms with E-state index in [1.54, 1.807) is 6.92 Å². The van der Waals surface area contributed by atoms with Gasteiger partial charge in [-0.05, 0) is 35.6 Å². The number of hydrogen-bond donors (Lipinski definition) is 2. The molecule has 2 N–H and O–H groups in total. The van der Waals surface area contributed by atoms with Gasteiger partial charge in [0.15, 0.2) is 0 Å². The summed E-state index contributed by atoms with van der Waals surface area (Å²) < 4.78 is 33.8. The number of fused-ring (bicyclic) bond motifs is 3. The molecule has 1 fully saturated rings. The Hall–Kier alpha value is -3.49. The summed E-state index contributed by atoms with van der Waals surface area (Å²) >= 11 is 0. The Balaban J connectivity index is 1.46. The molecule has 2 aliphatic rings. The molecule has 1 saturated heterocycles. The summed E-state index contributed by atoms with van der Waals surface area (Å²) in [5.41, 5.74) is 2.71. The van der Waals surface area contributed by atoms with Gasteiger partial charge in [0.2, 0.25) is 5.91 Å². The lowest BCUT2D eigenvalue weighted by atomic mass is 9.94. The van der Waals surface area contributed by atoms with Gasteiger partial charge in [-0.15, -0.1) is 0 Å². The molecule has 186 valence electrons. The van der Waals surface area contributed by atoms with Crippen LogP contribution >= 0.6 is 0 Å². The third-order valence-electron chi connectivity index (χ3n) is 6.84. The fraction of sp³-hybridized carbons (Fsp3) is 0.423. The van der Waals surface area contributed by atoms with E-state index in [0.717, 1.165) is 27.2 Å². The molecule has 2 atom stereocenters. The van der Waals surface area contributed by atoms with Crippen LogP contribution in [-0.2, 0) is 14.3 Å². The molecule has 9 heteroatoms. The number of aliphatic carboxylic acids is 1. The molecule has 2 unspecified atom stereocenters. The van der Waals surface area contributed by atoms with Gasteiger partial charge < -0.3 is 20.1 Å². The topological polar surface area (TPSA) is 95.9 Å². The number of rotatable bonds is 7. The minimum Gasteiger partial charge on any atom is -0.481 e. The molecule has 0 bridgehead atoms. The first-order chi connectivity index (χ1) is 16.6. The highest BCUT2D eigenvalue weighted by molar-refractivity contribution is 5.90. The number of alkyl carbamates (subject to hydrolysis) is 1. The van der Waals surface area contributed by atoms with E-state index in [-0.39, 0.29) is 18.9 Å². The lowest BCUT2D eigenvalue weighted by Crippen LogP contribution is -2.57. The minimum atomic E-state index is -3.54. The van der Waals surface area contributed by atoms with Crippen LogP contribution in [0.3, 0.4) is 0 Å². The van der Waals surface area contributed by atoms with E-state index in [4.69, 9.17) is 9.84 Å². The lowest BCUT2D eigenvalue weighted by molar-refractivity contribution is -0.151. The van der Waals surface area contributed by atoms with Crippen molar-refractivity contribution in [1.29, 1.82) is 0 Å². The number of nitrogens with zero attached hydrogens (tertiary/aromatic N) is 1. The molecule has 0 saturated carbocycles. The van der Waals surface area contributed by atoms with Crippen molar-refractivity contribution in [3.05, 3.63) is 59.7 Å². The zero-order valence-corrected chi connectivity index (χ0v) is 19.6. The number of likely N-dealkylation sites (tertiary alicyclic amines) is 1. The number of carboxylic acid groups (broad SMARTS) is 1. The van der Waals surface area contributed by atoms with Crippen LogP contribution in [0.5, 0.6) is 0 Å². The first-order valence-electron chi connectivity index (χ1n) is 11.6. The number of amides is 2. The number of nitrogens with one attached hydrogen (secondary N) is 1. The predicted octanol–water partition coefficient (Wildman–Crippen LogP) is 4.26. The maximum Gasteiger partial charge on any atom is 0.408 e. The molecule has 4 rings (SSSR count). The van der Waals surface area contributed by atoms with Gasteiger partial charge in [0.05, 0.1) is 6.54 Å². The quantitative estimate of drug-likeness (QED) is 0.610. The van der Waals surface area contributed by atoms with Crippen molar-refractivity contribution < 1.29 is 33.0 Å². The smallest absolute Gasteiger partial charge is 0.408 e. The normalized spacial score (nSPS) is 20.0. The summed E-state index contributed by atoms with van der Waals surface area (Å²) in [6.07, 6.45) is -0.175. The number of hydrogen-bond acceptors (Lipinski definition) is 4. The van der Waals surface area contributed by atoms with Crippen molar-refractivity contribution >= 4 is 18.0 Å². The van der Waals surface area contributed by atoms with Crippen molar-refractivity contribution in [3.63, 3.8) is 0 Å². The molecule has 2 amide bonds. The van der Waals surface area contributed by atoms with Crippen LogP contribution in [0.25, 0.3) is 11.1 Å². The number of halogens is 2. The summed E-state index contributed by atoms with van der Waals surface area (Å²) in [7, 11) is 0. The van der Waals surface area contributed by atoms with E-state index in [2.05, 4.69) is 5.32 Å². The summed E-state index contributed by atoms with van der Waals surface area (Å²) in [5, 5.41) is 11.7. The minimum absolute atomic E-state index is 0.0408. The van der Waals surface area contributed by atoms with Crippen LogP contribution in [0.15, 0.2) is 48.5 Å². The first kappa shape index (κ1) is 24.6. The number of carbonyl (C=O) groups is 3. The number of carbonyl (C=O) groups excluding carboxylic acids is 2. The monoisotopic (exact) mass is 486 g/mol. The third kappa shape index (κ3) is 4.59. The predicted molar refractivity (Wildman–Crippen MR) is 124 cm³/mol. The molecule has 2 aromatic rings. The zero-order chi connectivity index (χ0) is 25.4. The molecule has 2 aromatic carbocycles. The Morgan fingerprint density at radius 2 is 1.69 bits per heavy atom. The highest BCUT2D eigenvalue weighted by atomic mass is 19.3. The lowest BCUT2D eigenvalue weighted by Gasteiger charge is -2.33. The molecule has 35 heavy (non-hydrogen) atoms. The average Bonchev–Trinajstić information content (AvgIpc) is 3.31. The standard InChI is InChI=1S/C26H28F2N2O5/c1-3-12-25(2,23(33)30-13-21(22(31)32)26(27,28)15-30)29-24(34)35-14-20-18-10-6-4-8-16(18)17-9-5-7-11-19(17)20/h4-11,20-21H,3,12-15H2,1-2H3,(H,29,34)(H,31,32). The Kier molecular flexibility index (Phi) is 6.53. The highest BCUT2D eigenvalue weighted by Gasteiger charge is 2.55. The molecule has 1 heterocycles. The Bertz CT molecular complexity index is 1110. The number of benzene rings is 2. The van der Waals surface area contributed by atoms with E-state index in [1.165, 1.54) is 6.92 Å². The molecule has 1 aliphatic heterocycles. The van der Waals surface area contributed by atoms with Crippen LogP contribution in [0, 0.1) is 5.92 Å². The van der Waals surface area contributed by atoms with E-state index >= 15 is 0 Å². The second kappa shape index (κ2) is 9.28. The second-order valence-corrected chi connectivity index (χ2v) is 9.37. The van der Waals surface area contributed by atoms with Gasteiger partial charge in [-0.25, -0.2) is 13.6 Å². The Morgan fingerprint density at radius 3 is 2.20 bits per heavy atom. The number of carboxylic acids is 1. The van der Waals surface area contributed by atoms with E-state index in [0.29, 0.717) is 6.42 Å². The Morgan fingerprint density at radius 1 is 1.11 bits per heavy atom. The molecule has 0 aromatic heterocycles. The molecule has 1 aliphatic carbocycles. The number of ether oxygens (including phenoxy) is 1. The summed E-state index contributed by atoms with van der Waals surface area (Å²) in [4.78, 5) is 38.0. The number of alkyl halides is 2. The van der Waals surface area contributed by atoms with Crippen molar-refractivity contribution in [1.82, 2.24) is 10.2 Å². The van der Waals surface area contributed by atoms with Crippen molar-refractivity contribution in [2.75, 3.05) is 19.7 Å². The maximum absolute atomic E-state index is 14.2. The van der Waals surface area contributed by atoms with Gasteiger partial charge in [-0.3, -0.25) is 9.59 Å². The molecule has 0 radical (unpaired) electrons. The molecule has 0 spiro atoms. The van der Waals surface area contributed by atoms with Crippen LogP contribution in [0.4, 0.5) is 13.6 Å². The van der Waals surface area contributed by atoms with Crippen LogP contribution in [0.2, 0.25) is 0 Å². The van der Waals surface area contributed by atoms with Gasteiger partial charge in [0.25, 0.3) is 5.92 Å². The van der Waals surface area contributed by atoms with Crippen molar-refractivity contribution in [2.24, 2.45) is 5.92 Å². The van der Waals surface area contributed by atoms with Crippen LogP contribution in [0.1, 0.15) is 43.7 Å². The van der Waals surface area contributed by atoms with E-state index in [1.807, 2.05) is 48.5 Å². The highest BCUT2D eigenvalue weighted by Crippen LogP contribution is 2.44. The van der Waals surface area contributed by atoms with Gasteiger partial charge in [-0.1, -0.05) is 61.9 Å². The maximum atomic E-state index is 14.2. The fourth-order valence-electron chi connectivity index (χ4n) is 5.13. The van der Waals surface area contributed by atoms with Gasteiger partial charge in [0.1, 0.15) is 18.1 Å². The first-order valence-corrected chi connectivity index (χ1v) is 11.6.